The average molecular weight is 463 g/mol. The molecule has 0 aromatic heterocycles. The van der Waals surface area contributed by atoms with Crippen molar-refractivity contribution in [2.24, 2.45) is 0 Å². The van der Waals surface area contributed by atoms with Gasteiger partial charge >= 0.3 is 5.97 Å². The highest BCUT2D eigenvalue weighted by Gasteiger charge is 2.16. The van der Waals surface area contributed by atoms with Gasteiger partial charge in [0.2, 0.25) is 0 Å². The van der Waals surface area contributed by atoms with Crippen LogP contribution in [0, 0.1) is 0 Å². The fourth-order valence-electron chi connectivity index (χ4n) is 3.55. The zero-order valence-electron chi connectivity index (χ0n) is 20.4. The van der Waals surface area contributed by atoms with Crippen LogP contribution in [-0.4, -0.2) is 37.5 Å². The third-order valence-corrected chi connectivity index (χ3v) is 5.67. The summed E-state index contributed by atoms with van der Waals surface area (Å²) in [5, 5.41) is 9.08. The molecule has 0 aliphatic heterocycles. The Morgan fingerprint density at radius 1 is 0.794 bits per heavy atom. The van der Waals surface area contributed by atoms with E-state index in [2.05, 4.69) is 57.2 Å². The zero-order chi connectivity index (χ0) is 24.6. The lowest BCUT2D eigenvalue weighted by Crippen LogP contribution is -2.24. The molecule has 3 aromatic carbocycles. The largest absolute Gasteiger partial charge is 0.493 e. The maximum absolute atomic E-state index is 11.1. The third-order valence-electron chi connectivity index (χ3n) is 5.67. The Morgan fingerprint density at radius 3 is 1.71 bits per heavy atom. The van der Waals surface area contributed by atoms with Crippen molar-refractivity contribution in [3.05, 3.63) is 83.9 Å². The van der Waals surface area contributed by atoms with Gasteiger partial charge in [-0.25, -0.2) is 4.79 Å². The van der Waals surface area contributed by atoms with Crippen molar-refractivity contribution < 1.29 is 24.1 Å². The van der Waals surface area contributed by atoms with Gasteiger partial charge in [-0.15, -0.1) is 0 Å². The number of methoxy groups -OCH3 is 1. The van der Waals surface area contributed by atoms with Crippen molar-refractivity contribution in [2.45, 2.75) is 45.1 Å². The molecule has 0 spiro atoms. The minimum absolute atomic E-state index is 0.152. The van der Waals surface area contributed by atoms with E-state index in [0.29, 0.717) is 19.6 Å². The normalized spacial score (nSPS) is 12.2. The molecule has 34 heavy (non-hydrogen) atoms. The predicted molar refractivity (Wildman–Crippen MR) is 135 cm³/mol. The second-order valence-electron chi connectivity index (χ2n) is 9.31. The van der Waals surface area contributed by atoms with Crippen LogP contribution in [0.5, 0.6) is 11.5 Å². The van der Waals surface area contributed by atoms with E-state index in [0.717, 1.165) is 23.5 Å². The number of benzene rings is 3. The van der Waals surface area contributed by atoms with Crippen molar-refractivity contribution in [3.63, 3.8) is 0 Å². The summed E-state index contributed by atoms with van der Waals surface area (Å²) in [7, 11) is 1.40. The summed E-state index contributed by atoms with van der Waals surface area (Å²) < 4.78 is 16.6. The molecular formula is C29H34O5. The molecule has 5 heteroatoms. The number of rotatable bonds is 11. The molecule has 5 nitrogen and oxygen atoms in total. The van der Waals surface area contributed by atoms with E-state index in [1.807, 2.05) is 36.4 Å². The summed E-state index contributed by atoms with van der Waals surface area (Å²) in [6.45, 7) is 7.75. The molecule has 0 saturated heterocycles. The minimum atomic E-state index is -0.966. The summed E-state index contributed by atoms with van der Waals surface area (Å²) in [6.07, 6.45) is 0.232. The van der Waals surface area contributed by atoms with Crippen LogP contribution in [-0.2, 0) is 21.4 Å². The number of carboxylic acid groups (broad SMARTS) is 1. The van der Waals surface area contributed by atoms with Gasteiger partial charge < -0.3 is 19.3 Å². The van der Waals surface area contributed by atoms with Gasteiger partial charge in [-0.3, -0.25) is 0 Å². The highest BCUT2D eigenvalue weighted by Crippen LogP contribution is 2.27. The second-order valence-corrected chi connectivity index (χ2v) is 9.31. The van der Waals surface area contributed by atoms with Gasteiger partial charge in [0.1, 0.15) is 11.5 Å². The first-order valence-electron chi connectivity index (χ1n) is 11.6. The maximum Gasteiger partial charge on any atom is 0.333 e. The van der Waals surface area contributed by atoms with E-state index in [1.54, 1.807) is 0 Å². The van der Waals surface area contributed by atoms with E-state index in [-0.39, 0.29) is 5.41 Å². The molecule has 0 fully saturated rings. The first kappa shape index (κ1) is 25.3. The number of hydrogen-bond acceptors (Lipinski definition) is 4. The molecule has 0 unspecified atom stereocenters. The van der Waals surface area contributed by atoms with Crippen LogP contribution < -0.4 is 9.47 Å². The number of carbonyl (C=O) groups is 1. The van der Waals surface area contributed by atoms with Crippen molar-refractivity contribution in [1.29, 1.82) is 0 Å². The van der Waals surface area contributed by atoms with E-state index in [1.165, 1.54) is 23.8 Å². The smallest absolute Gasteiger partial charge is 0.333 e. The first-order chi connectivity index (χ1) is 16.3. The molecule has 1 N–H and O–H groups in total. The number of hydrogen-bond donors (Lipinski definition) is 1. The predicted octanol–water partition coefficient (Wildman–Crippen LogP) is 6.14. The summed E-state index contributed by atoms with van der Waals surface area (Å²) in [5.41, 5.74) is 4.73. The quantitative estimate of drug-likeness (QED) is 0.347. The maximum atomic E-state index is 11.1. The van der Waals surface area contributed by atoms with Gasteiger partial charge in [0.05, 0.1) is 13.2 Å². The van der Waals surface area contributed by atoms with Gasteiger partial charge in [-0.05, 0) is 51.9 Å². The second kappa shape index (κ2) is 11.7. The Balaban J connectivity index is 1.40. The molecular weight excluding hydrogens is 428 g/mol. The van der Waals surface area contributed by atoms with E-state index in [9.17, 15) is 4.79 Å². The fraction of sp³-hybridized carbons (Fsp3) is 0.345. The third kappa shape index (κ3) is 7.35. The molecule has 3 aromatic rings. The van der Waals surface area contributed by atoms with Gasteiger partial charge in [0.25, 0.3) is 0 Å². The summed E-state index contributed by atoms with van der Waals surface area (Å²) in [5.74, 6) is 0.618. The van der Waals surface area contributed by atoms with E-state index in [4.69, 9.17) is 19.3 Å². The van der Waals surface area contributed by atoms with Crippen LogP contribution in [0.2, 0.25) is 0 Å². The van der Waals surface area contributed by atoms with E-state index < -0.39 is 12.1 Å². The first-order valence-corrected chi connectivity index (χ1v) is 11.6. The summed E-state index contributed by atoms with van der Waals surface area (Å²) in [4.78, 5) is 11.1. The lowest BCUT2D eigenvalue weighted by Gasteiger charge is -2.19. The highest BCUT2D eigenvalue weighted by molar-refractivity contribution is 5.72. The molecule has 0 aliphatic rings. The Kier molecular flexibility index (Phi) is 8.72. The Hall–Kier alpha value is -3.31. The van der Waals surface area contributed by atoms with Crippen LogP contribution in [0.1, 0.15) is 38.3 Å². The number of ether oxygens (including phenoxy) is 3. The summed E-state index contributed by atoms with van der Waals surface area (Å²) >= 11 is 0. The van der Waals surface area contributed by atoms with Crippen LogP contribution >= 0.6 is 0 Å². The van der Waals surface area contributed by atoms with E-state index >= 15 is 0 Å². The van der Waals surface area contributed by atoms with Gasteiger partial charge in [-0.2, -0.15) is 0 Å². The molecule has 0 aliphatic carbocycles. The number of aliphatic carboxylic acids is 1. The summed E-state index contributed by atoms with van der Waals surface area (Å²) in [6, 6.07) is 24.3. The topological polar surface area (TPSA) is 65.0 Å². The van der Waals surface area contributed by atoms with Crippen LogP contribution in [0.4, 0.5) is 0 Å². The molecule has 0 heterocycles. The molecule has 0 amide bonds. The average Bonchev–Trinajstić information content (AvgIpc) is 2.83. The number of carboxylic acids is 1. The Labute approximate surface area is 202 Å². The lowest BCUT2D eigenvalue weighted by molar-refractivity contribution is -0.148. The van der Waals surface area contributed by atoms with Crippen molar-refractivity contribution in [1.82, 2.24) is 0 Å². The van der Waals surface area contributed by atoms with Gasteiger partial charge in [0.15, 0.2) is 6.10 Å². The molecule has 1 atom stereocenters. The minimum Gasteiger partial charge on any atom is -0.493 e. The Morgan fingerprint density at radius 2 is 1.26 bits per heavy atom. The van der Waals surface area contributed by atoms with Crippen LogP contribution in [0.15, 0.2) is 72.8 Å². The molecule has 0 saturated carbocycles. The highest BCUT2D eigenvalue weighted by atomic mass is 16.5. The fourth-order valence-corrected chi connectivity index (χ4v) is 3.55. The standard InChI is InChI=1S/C29H34O5/c1-29(2,3)24-12-8-22(9-13-24)23-10-16-26(17-11-23)34-19-5-18-33-25-14-6-21(7-15-25)20-27(32-4)28(30)31/h6-17,27H,5,18-20H2,1-4H3,(H,30,31)/t27-/m0/s1. The van der Waals surface area contributed by atoms with Crippen LogP contribution in [0.25, 0.3) is 11.1 Å². The van der Waals surface area contributed by atoms with Crippen molar-refractivity contribution in [3.8, 4) is 22.6 Å². The lowest BCUT2D eigenvalue weighted by atomic mass is 9.86. The molecule has 3 rings (SSSR count). The van der Waals surface area contributed by atoms with Gasteiger partial charge in [0, 0.05) is 20.0 Å². The monoisotopic (exact) mass is 462 g/mol. The molecule has 0 radical (unpaired) electrons. The van der Waals surface area contributed by atoms with Crippen molar-refractivity contribution in [2.75, 3.05) is 20.3 Å². The zero-order valence-corrected chi connectivity index (χ0v) is 20.4. The molecule has 0 bridgehead atoms. The SMILES string of the molecule is CO[C@@H](Cc1ccc(OCCCOc2ccc(-c3ccc(C(C)(C)C)cc3)cc2)cc1)C(=O)O. The van der Waals surface area contributed by atoms with Crippen molar-refractivity contribution >= 4 is 5.97 Å². The van der Waals surface area contributed by atoms with Crippen LogP contribution in [0.3, 0.4) is 0 Å². The Bertz CT molecular complexity index is 1030. The molecule has 180 valence electrons. The van der Waals surface area contributed by atoms with Gasteiger partial charge in [-0.1, -0.05) is 69.3 Å².